The molecule has 0 atom stereocenters. The number of carbonyl (C=O) groups is 1. The smallest absolute Gasteiger partial charge is 0.309 e. The van der Waals surface area contributed by atoms with Crippen LogP contribution in [-0.4, -0.2) is 11.1 Å². The van der Waals surface area contributed by atoms with Crippen molar-refractivity contribution in [2.24, 2.45) is 5.41 Å². The lowest BCUT2D eigenvalue weighted by Crippen LogP contribution is -2.24. The highest BCUT2D eigenvalue weighted by Crippen LogP contribution is 2.26. The molecule has 3 heteroatoms. The Morgan fingerprint density at radius 2 is 2.06 bits per heavy atom. The average molecular weight is 255 g/mol. The lowest BCUT2D eigenvalue weighted by molar-refractivity contribution is -0.147. The van der Waals surface area contributed by atoms with Crippen LogP contribution in [0, 0.1) is 5.41 Å². The van der Waals surface area contributed by atoms with Gasteiger partial charge in [0.1, 0.15) is 0 Å². The van der Waals surface area contributed by atoms with Crippen molar-refractivity contribution < 1.29 is 9.90 Å². The first-order valence-corrected chi connectivity index (χ1v) is 6.25. The number of carboxylic acid groups (broad SMARTS) is 1. The Labute approximate surface area is 108 Å². The van der Waals surface area contributed by atoms with E-state index in [1.54, 1.807) is 13.8 Å². The second-order valence-electron chi connectivity index (χ2n) is 4.97. The van der Waals surface area contributed by atoms with Crippen molar-refractivity contribution in [2.75, 3.05) is 0 Å². The van der Waals surface area contributed by atoms with Gasteiger partial charge in [0, 0.05) is 5.02 Å². The Bertz CT molecular complexity index is 411. The highest BCUT2D eigenvalue weighted by molar-refractivity contribution is 6.31. The standard InChI is InChI=1S/C14H19ClO2/c1-4-10-5-6-11(12(15)9-10)7-8-14(2,3)13(16)17/h5-6,9H,4,7-8H2,1-3H3,(H,16,17). The first-order chi connectivity index (χ1) is 7.86. The summed E-state index contributed by atoms with van der Waals surface area (Å²) >= 11 is 6.17. The van der Waals surface area contributed by atoms with Gasteiger partial charge in [-0.3, -0.25) is 4.79 Å². The molecule has 0 aromatic heterocycles. The van der Waals surface area contributed by atoms with Gasteiger partial charge in [-0.05, 0) is 50.3 Å². The molecule has 2 nitrogen and oxygen atoms in total. The quantitative estimate of drug-likeness (QED) is 0.864. The van der Waals surface area contributed by atoms with E-state index in [-0.39, 0.29) is 0 Å². The molecule has 0 fully saturated rings. The molecule has 0 aliphatic carbocycles. The minimum Gasteiger partial charge on any atom is -0.481 e. The summed E-state index contributed by atoms with van der Waals surface area (Å²) in [5.74, 6) is -0.765. The largest absolute Gasteiger partial charge is 0.481 e. The molecule has 0 amide bonds. The van der Waals surface area contributed by atoms with E-state index in [1.165, 1.54) is 5.56 Å². The number of halogens is 1. The summed E-state index contributed by atoms with van der Waals surface area (Å²) in [5.41, 5.74) is 1.53. The number of aryl methyl sites for hydroxylation is 2. The minimum atomic E-state index is -0.765. The lowest BCUT2D eigenvalue weighted by atomic mass is 9.86. The van der Waals surface area contributed by atoms with E-state index < -0.39 is 11.4 Å². The molecule has 0 spiro atoms. The van der Waals surface area contributed by atoms with Crippen molar-refractivity contribution in [3.8, 4) is 0 Å². The summed E-state index contributed by atoms with van der Waals surface area (Å²) in [7, 11) is 0. The number of aliphatic carboxylic acids is 1. The van der Waals surface area contributed by atoms with Crippen LogP contribution in [0.4, 0.5) is 0 Å². The van der Waals surface area contributed by atoms with E-state index in [0.717, 1.165) is 17.0 Å². The molecule has 94 valence electrons. The van der Waals surface area contributed by atoms with Crippen molar-refractivity contribution in [2.45, 2.75) is 40.0 Å². The number of hydrogen-bond acceptors (Lipinski definition) is 1. The summed E-state index contributed by atoms with van der Waals surface area (Å²) in [4.78, 5) is 11.0. The maximum atomic E-state index is 11.0. The van der Waals surface area contributed by atoms with Gasteiger partial charge in [0.05, 0.1) is 5.41 Å². The van der Waals surface area contributed by atoms with Gasteiger partial charge in [-0.15, -0.1) is 0 Å². The van der Waals surface area contributed by atoms with Crippen LogP contribution in [0.5, 0.6) is 0 Å². The molecule has 0 aliphatic rings. The Morgan fingerprint density at radius 1 is 1.41 bits per heavy atom. The molecular weight excluding hydrogens is 236 g/mol. The predicted octanol–water partition coefficient (Wildman–Crippen LogP) is 3.95. The van der Waals surface area contributed by atoms with Crippen molar-refractivity contribution in [1.82, 2.24) is 0 Å². The van der Waals surface area contributed by atoms with Gasteiger partial charge in [0.25, 0.3) is 0 Å². The van der Waals surface area contributed by atoms with Gasteiger partial charge in [-0.1, -0.05) is 30.7 Å². The van der Waals surface area contributed by atoms with Crippen LogP contribution in [-0.2, 0) is 17.6 Å². The minimum absolute atomic E-state index is 0.591. The fraction of sp³-hybridized carbons (Fsp3) is 0.500. The monoisotopic (exact) mass is 254 g/mol. The zero-order valence-electron chi connectivity index (χ0n) is 10.6. The molecule has 0 heterocycles. The molecular formula is C14H19ClO2. The fourth-order valence-electron chi connectivity index (χ4n) is 1.57. The van der Waals surface area contributed by atoms with Crippen LogP contribution >= 0.6 is 11.6 Å². The van der Waals surface area contributed by atoms with E-state index >= 15 is 0 Å². The average Bonchev–Trinajstić information content (AvgIpc) is 2.27. The fourth-order valence-corrected chi connectivity index (χ4v) is 1.87. The number of hydrogen-bond donors (Lipinski definition) is 1. The topological polar surface area (TPSA) is 37.3 Å². The van der Waals surface area contributed by atoms with E-state index in [0.29, 0.717) is 12.8 Å². The molecule has 0 unspecified atom stereocenters. The Morgan fingerprint density at radius 3 is 2.53 bits per heavy atom. The number of benzene rings is 1. The Kier molecular flexibility index (Phi) is 4.58. The van der Waals surface area contributed by atoms with Crippen LogP contribution in [0.2, 0.25) is 5.02 Å². The molecule has 0 aliphatic heterocycles. The maximum Gasteiger partial charge on any atom is 0.309 e. The Hall–Kier alpha value is -1.02. The molecule has 0 bridgehead atoms. The first kappa shape index (κ1) is 14.0. The van der Waals surface area contributed by atoms with Crippen molar-refractivity contribution in [1.29, 1.82) is 0 Å². The second kappa shape index (κ2) is 5.54. The molecule has 0 saturated heterocycles. The van der Waals surface area contributed by atoms with Gasteiger partial charge in [0.15, 0.2) is 0 Å². The molecule has 1 aromatic carbocycles. The molecule has 17 heavy (non-hydrogen) atoms. The van der Waals surface area contributed by atoms with Crippen molar-refractivity contribution in [3.05, 3.63) is 34.3 Å². The number of rotatable bonds is 5. The highest BCUT2D eigenvalue weighted by atomic mass is 35.5. The zero-order valence-corrected chi connectivity index (χ0v) is 11.3. The third-order valence-corrected chi connectivity index (χ3v) is 3.48. The van der Waals surface area contributed by atoms with Crippen LogP contribution < -0.4 is 0 Å². The predicted molar refractivity (Wildman–Crippen MR) is 70.6 cm³/mol. The van der Waals surface area contributed by atoms with Crippen LogP contribution in [0.15, 0.2) is 18.2 Å². The van der Waals surface area contributed by atoms with E-state index in [2.05, 4.69) is 13.0 Å². The summed E-state index contributed by atoms with van der Waals surface area (Å²) in [6.07, 6.45) is 2.25. The van der Waals surface area contributed by atoms with E-state index in [1.807, 2.05) is 12.1 Å². The SMILES string of the molecule is CCc1ccc(CCC(C)(C)C(=O)O)c(Cl)c1. The second-order valence-corrected chi connectivity index (χ2v) is 5.38. The van der Waals surface area contributed by atoms with Gasteiger partial charge >= 0.3 is 5.97 Å². The van der Waals surface area contributed by atoms with Crippen molar-refractivity contribution >= 4 is 17.6 Å². The maximum absolute atomic E-state index is 11.0. The third kappa shape index (κ3) is 3.74. The van der Waals surface area contributed by atoms with E-state index in [4.69, 9.17) is 16.7 Å². The zero-order chi connectivity index (χ0) is 13.1. The van der Waals surface area contributed by atoms with Gasteiger partial charge in [-0.2, -0.15) is 0 Å². The van der Waals surface area contributed by atoms with Crippen LogP contribution in [0.1, 0.15) is 38.3 Å². The van der Waals surface area contributed by atoms with Crippen molar-refractivity contribution in [3.63, 3.8) is 0 Å². The first-order valence-electron chi connectivity index (χ1n) is 5.87. The molecule has 1 N–H and O–H groups in total. The Balaban J connectivity index is 2.73. The molecule has 1 rings (SSSR count). The van der Waals surface area contributed by atoms with Gasteiger partial charge < -0.3 is 5.11 Å². The number of carboxylic acids is 1. The van der Waals surface area contributed by atoms with Gasteiger partial charge in [0.2, 0.25) is 0 Å². The third-order valence-electron chi connectivity index (χ3n) is 3.12. The highest BCUT2D eigenvalue weighted by Gasteiger charge is 2.26. The summed E-state index contributed by atoms with van der Waals surface area (Å²) in [5, 5.41) is 9.78. The summed E-state index contributed by atoms with van der Waals surface area (Å²) < 4.78 is 0. The summed E-state index contributed by atoms with van der Waals surface area (Å²) in [6.45, 7) is 5.56. The molecule has 1 aromatic rings. The molecule has 0 saturated carbocycles. The normalized spacial score (nSPS) is 11.5. The van der Waals surface area contributed by atoms with Gasteiger partial charge in [-0.25, -0.2) is 0 Å². The van der Waals surface area contributed by atoms with Crippen LogP contribution in [0.25, 0.3) is 0 Å². The van der Waals surface area contributed by atoms with Crippen LogP contribution in [0.3, 0.4) is 0 Å². The summed E-state index contributed by atoms with van der Waals surface area (Å²) in [6, 6.07) is 6.01. The molecule has 0 radical (unpaired) electrons. The van der Waals surface area contributed by atoms with E-state index in [9.17, 15) is 4.79 Å². The lowest BCUT2D eigenvalue weighted by Gasteiger charge is -2.19.